The molecular weight excluding hydrogens is 1340 g/mol. The van der Waals surface area contributed by atoms with E-state index in [-0.39, 0.29) is 16.2 Å². The Labute approximate surface area is 506 Å². The summed E-state index contributed by atoms with van der Waals surface area (Å²) >= 11 is 23.3. The maximum Gasteiger partial charge on any atom is 0.332 e. The van der Waals surface area contributed by atoms with Gasteiger partial charge in [-0.3, -0.25) is 0 Å². The minimum Gasteiger partial charge on any atom is -0.361 e. The summed E-state index contributed by atoms with van der Waals surface area (Å²) in [6.45, 7) is 40.9. The zero-order valence-electron chi connectivity index (χ0n) is 46.5. The average molecular weight is 1410 g/mol. The Balaban J connectivity index is 1.55. The van der Waals surface area contributed by atoms with E-state index in [1.165, 1.54) is 16.7 Å². The molecular formula is C65H64Br6N6. The fraction of sp³-hybridized carbons (Fsp3) is 0.277. The van der Waals surface area contributed by atoms with Gasteiger partial charge < -0.3 is 16.6 Å². The zero-order valence-corrected chi connectivity index (χ0v) is 56.0. The second kappa shape index (κ2) is 23.9. The first-order valence-electron chi connectivity index (χ1n) is 25.0. The van der Waals surface area contributed by atoms with Gasteiger partial charge in [-0.1, -0.05) is 118 Å². The van der Waals surface area contributed by atoms with Gasteiger partial charge in [-0.15, -0.1) is 0 Å². The summed E-state index contributed by atoms with van der Waals surface area (Å²) in [7, 11) is 0. The van der Waals surface area contributed by atoms with E-state index in [2.05, 4.69) is 228 Å². The van der Waals surface area contributed by atoms with Gasteiger partial charge in [-0.2, -0.15) is 14.4 Å². The normalized spacial score (nSPS) is 12.2. The van der Waals surface area contributed by atoms with Crippen molar-refractivity contribution in [3.8, 4) is 0 Å². The topological polar surface area (TPSA) is 109 Å². The van der Waals surface area contributed by atoms with Crippen molar-refractivity contribution in [2.75, 3.05) is 0 Å². The van der Waals surface area contributed by atoms with Crippen molar-refractivity contribution in [2.24, 2.45) is 0 Å². The average Bonchev–Trinajstić information content (AvgIpc) is 3.31. The van der Waals surface area contributed by atoms with Crippen LogP contribution >= 0.6 is 95.6 Å². The number of halogens is 6. The summed E-state index contributed by atoms with van der Waals surface area (Å²) in [5, 5.41) is 0. The van der Waals surface area contributed by atoms with Crippen LogP contribution in [0.1, 0.15) is 162 Å². The van der Waals surface area contributed by atoms with Gasteiger partial charge >= 0.3 is 17.1 Å². The smallest absolute Gasteiger partial charge is 0.332 e. The molecule has 0 amide bonds. The first-order chi connectivity index (χ1) is 35.8. The van der Waals surface area contributed by atoms with Gasteiger partial charge in [0, 0.05) is 26.8 Å². The van der Waals surface area contributed by atoms with Crippen LogP contribution in [0.15, 0.2) is 131 Å². The predicted molar refractivity (Wildman–Crippen MR) is 345 cm³/mol. The number of allylic oxidation sites excluding steroid dienone is 6. The van der Waals surface area contributed by atoms with E-state index < -0.39 is 0 Å². The van der Waals surface area contributed by atoms with Gasteiger partial charge in [-0.25, -0.2) is 0 Å². The molecule has 0 N–H and O–H groups in total. The van der Waals surface area contributed by atoms with Crippen LogP contribution in [0.5, 0.6) is 0 Å². The second-order valence-corrected chi connectivity index (χ2v) is 28.1. The maximum atomic E-state index is 10.8. The van der Waals surface area contributed by atoms with Crippen molar-refractivity contribution in [3.05, 3.63) is 248 Å². The Morgan fingerprint density at radius 1 is 0.377 bits per heavy atom. The van der Waals surface area contributed by atoms with Crippen molar-refractivity contribution < 1.29 is 14.4 Å². The molecule has 0 atom stereocenters. The molecule has 77 heavy (non-hydrogen) atoms. The fourth-order valence-corrected chi connectivity index (χ4v) is 14.5. The Morgan fingerprint density at radius 2 is 0.610 bits per heavy atom. The third-order valence-corrected chi connectivity index (χ3v) is 17.7. The Kier molecular flexibility index (Phi) is 19.1. The highest BCUT2D eigenvalue weighted by Crippen LogP contribution is 2.41. The first kappa shape index (κ1) is 61.5. The molecule has 6 rings (SSSR count). The molecule has 0 aliphatic rings. The lowest BCUT2D eigenvalue weighted by Gasteiger charge is -2.22. The van der Waals surface area contributed by atoms with Crippen molar-refractivity contribution in [1.29, 1.82) is 0 Å². The molecule has 0 saturated carbocycles. The minimum absolute atomic E-state index is 0.0555. The molecule has 6 nitrogen and oxygen atoms in total. The van der Waals surface area contributed by atoms with Crippen molar-refractivity contribution in [1.82, 2.24) is 0 Å². The Morgan fingerprint density at radius 3 is 0.831 bits per heavy atom. The molecule has 0 bridgehead atoms. The van der Waals surface area contributed by atoms with E-state index in [1.807, 2.05) is 90.1 Å². The van der Waals surface area contributed by atoms with Crippen LogP contribution < -0.4 is 0 Å². The third kappa shape index (κ3) is 13.2. The molecule has 0 saturated heterocycles. The number of rotatable bonds is 12. The predicted octanol–water partition coefficient (Wildman–Crippen LogP) is 20.6. The number of benzene rings is 6. The summed E-state index contributed by atoms with van der Waals surface area (Å²) in [6, 6.07) is 25.0. The molecule has 0 aliphatic carbocycles. The third-order valence-electron chi connectivity index (χ3n) is 13.9. The molecule has 0 aromatic heterocycles. The second-order valence-electron chi connectivity index (χ2n) is 22.9. The van der Waals surface area contributed by atoms with E-state index >= 15 is 0 Å². The standard InChI is InChI=1S/C65H64Br6N6/c1-18-40(43-29-50(68)58(51(69)30-43)61(76-73)55-36(5)22-46(23-37(55)6)64(12,13)14)26-42(44-31-52(70)59(53(71)32-44)62(77-74)56-38(7)24-47(25-39(56)8)65(15,16)17)19-33(2)41-27-48(66)57(49(67)28-41)60(75-72)54-34(3)20-45(21-35(54)4)63(9,10)11/h18-32H,1-2H2,3-17H3/b40-26+,42-19-. The summed E-state index contributed by atoms with van der Waals surface area (Å²) in [6.07, 6.45) is 5.89. The Bertz CT molecular complexity index is 3560. The largest absolute Gasteiger partial charge is 0.361 e. The van der Waals surface area contributed by atoms with Gasteiger partial charge in [0.25, 0.3) is 0 Å². The van der Waals surface area contributed by atoms with Crippen LogP contribution in [0.2, 0.25) is 0 Å². The van der Waals surface area contributed by atoms with E-state index in [1.54, 1.807) is 0 Å². The van der Waals surface area contributed by atoms with Crippen LogP contribution in [-0.2, 0) is 16.2 Å². The number of hydrogen-bond acceptors (Lipinski definition) is 0. The van der Waals surface area contributed by atoms with Crippen LogP contribution in [0.4, 0.5) is 0 Å². The van der Waals surface area contributed by atoms with Crippen LogP contribution in [-0.4, -0.2) is 31.5 Å². The van der Waals surface area contributed by atoms with Crippen molar-refractivity contribution in [3.63, 3.8) is 0 Å². The highest BCUT2D eigenvalue weighted by atomic mass is 79.9. The summed E-state index contributed by atoms with van der Waals surface area (Å²) in [5.41, 5.74) is 52.2. The minimum atomic E-state index is -0.0675. The van der Waals surface area contributed by atoms with Gasteiger partial charge in [0.1, 0.15) is 0 Å². The van der Waals surface area contributed by atoms with E-state index in [4.69, 9.17) is 0 Å². The van der Waals surface area contributed by atoms with E-state index in [0.717, 1.165) is 77.9 Å². The maximum absolute atomic E-state index is 10.8. The summed E-state index contributed by atoms with van der Waals surface area (Å²) < 4.78 is 4.20. The highest BCUT2D eigenvalue weighted by molar-refractivity contribution is 9.11. The molecule has 6 aromatic carbocycles. The van der Waals surface area contributed by atoms with Crippen molar-refractivity contribution in [2.45, 2.75) is 120 Å². The molecule has 12 heteroatoms. The van der Waals surface area contributed by atoms with Crippen LogP contribution in [0.25, 0.3) is 33.3 Å². The monoisotopic (exact) mass is 1400 g/mol. The molecule has 0 radical (unpaired) electrons. The van der Waals surface area contributed by atoms with E-state index in [0.29, 0.717) is 66.2 Å². The lowest BCUT2D eigenvalue weighted by molar-refractivity contribution is -0.00343. The van der Waals surface area contributed by atoms with E-state index in [9.17, 15) is 16.6 Å². The summed E-state index contributed by atoms with van der Waals surface area (Å²) in [5.74, 6) is 0. The molecule has 0 unspecified atom stereocenters. The SMILES string of the molecule is C=C/C(=C\C(=C\C(=C)c1cc(Br)c(C(=[N+]=[N-])c2c(C)cc(C(C)(C)C)cc2C)c(Br)c1)c1cc(Br)c(C(=[N+]=[N-])c2c(C)cc(C(C)(C)C)cc2C)c(Br)c1)c1cc(Br)c(C(=[N+]=[N-])c2c(C)cc(C(C)(C)C)cc2C)c(Br)c1. The zero-order chi connectivity index (χ0) is 57.5. The molecule has 0 fully saturated rings. The molecule has 0 spiro atoms. The van der Waals surface area contributed by atoms with Gasteiger partial charge in [0.2, 0.25) is 0 Å². The Hall–Kier alpha value is -4.70. The lowest BCUT2D eigenvalue weighted by atomic mass is 9.82. The summed E-state index contributed by atoms with van der Waals surface area (Å²) in [4.78, 5) is 11.7. The molecule has 396 valence electrons. The quantitative estimate of drug-likeness (QED) is 0.0503. The first-order valence-corrected chi connectivity index (χ1v) is 29.8. The fourth-order valence-electron chi connectivity index (χ4n) is 9.81. The van der Waals surface area contributed by atoms with Gasteiger partial charge in [0.05, 0.1) is 33.4 Å². The molecule has 6 aromatic rings. The highest BCUT2D eigenvalue weighted by Gasteiger charge is 2.32. The van der Waals surface area contributed by atoms with Crippen molar-refractivity contribution >= 4 is 129 Å². The number of aryl methyl sites for hydroxylation is 6. The van der Waals surface area contributed by atoms with Gasteiger partial charge in [0.15, 0.2) is 0 Å². The van der Waals surface area contributed by atoms with Crippen LogP contribution in [0, 0.1) is 41.5 Å². The lowest BCUT2D eigenvalue weighted by Crippen LogP contribution is -2.16. The molecule has 0 heterocycles. The molecule has 0 aliphatic heterocycles. The number of nitrogens with zero attached hydrogens (tertiary/aromatic N) is 6. The van der Waals surface area contributed by atoms with Crippen LogP contribution in [0.3, 0.4) is 0 Å². The number of hydrogen-bond donors (Lipinski definition) is 0. The van der Waals surface area contributed by atoms with Gasteiger partial charge in [-0.05, 0) is 285 Å².